The van der Waals surface area contributed by atoms with Gasteiger partial charge in [0, 0.05) is 0 Å². The number of hydrogen-bond acceptors (Lipinski definition) is 0. The number of allylic oxidation sites excluding steroid dienone is 6. The highest BCUT2D eigenvalue weighted by Gasteiger charge is 1.99. The van der Waals surface area contributed by atoms with Crippen LogP contribution in [-0.4, -0.2) is 0 Å². The van der Waals surface area contributed by atoms with Crippen LogP contribution >= 0.6 is 0 Å². The van der Waals surface area contributed by atoms with Crippen molar-refractivity contribution in [2.24, 2.45) is 0 Å². The molecule has 0 radical (unpaired) electrons. The molecule has 0 nitrogen and oxygen atoms in total. The monoisotopic (exact) mass is 134 g/mol. The molecule has 0 heteroatoms. The Morgan fingerprint density at radius 1 is 1.50 bits per heavy atom. The SMILES string of the molecule is CC=CC1=C(C)C=CCC1. The van der Waals surface area contributed by atoms with Gasteiger partial charge in [-0.05, 0) is 37.8 Å². The predicted molar refractivity (Wildman–Crippen MR) is 45.9 cm³/mol. The van der Waals surface area contributed by atoms with Crippen LogP contribution in [0.2, 0.25) is 0 Å². The van der Waals surface area contributed by atoms with Crippen LogP contribution in [0.4, 0.5) is 0 Å². The largest absolute Gasteiger partial charge is 0.0874 e. The van der Waals surface area contributed by atoms with Gasteiger partial charge in [-0.2, -0.15) is 0 Å². The topological polar surface area (TPSA) is 0 Å². The second kappa shape index (κ2) is 3.40. The molecular weight excluding hydrogens is 120 g/mol. The summed E-state index contributed by atoms with van der Waals surface area (Å²) < 4.78 is 0. The first kappa shape index (κ1) is 7.33. The maximum absolute atomic E-state index is 2.24. The lowest BCUT2D eigenvalue weighted by atomic mass is 9.98. The fourth-order valence-electron chi connectivity index (χ4n) is 1.22. The average Bonchev–Trinajstić information content (AvgIpc) is 1.94. The second-order valence-corrected chi connectivity index (χ2v) is 2.65. The van der Waals surface area contributed by atoms with Gasteiger partial charge < -0.3 is 0 Å². The maximum Gasteiger partial charge on any atom is -0.0242 e. The third kappa shape index (κ3) is 1.60. The standard InChI is InChI=1S/C10H14/c1-3-6-10-8-5-4-7-9(10)2/h3-4,6-7H,5,8H2,1-2H3. The highest BCUT2D eigenvalue weighted by atomic mass is 14.0. The Kier molecular flexibility index (Phi) is 2.49. The van der Waals surface area contributed by atoms with Crippen molar-refractivity contribution in [2.75, 3.05) is 0 Å². The lowest BCUT2D eigenvalue weighted by molar-refractivity contribution is 0.968. The van der Waals surface area contributed by atoms with E-state index in [0.717, 1.165) is 0 Å². The van der Waals surface area contributed by atoms with E-state index in [1.807, 2.05) is 0 Å². The molecule has 0 bridgehead atoms. The molecule has 0 aromatic rings. The summed E-state index contributed by atoms with van der Waals surface area (Å²) in [5.41, 5.74) is 2.91. The van der Waals surface area contributed by atoms with Crippen molar-refractivity contribution >= 4 is 0 Å². The third-order valence-electron chi connectivity index (χ3n) is 1.82. The van der Waals surface area contributed by atoms with Gasteiger partial charge in [0.2, 0.25) is 0 Å². The summed E-state index contributed by atoms with van der Waals surface area (Å²) in [5.74, 6) is 0. The zero-order valence-corrected chi connectivity index (χ0v) is 6.72. The van der Waals surface area contributed by atoms with Gasteiger partial charge in [-0.25, -0.2) is 0 Å². The Balaban J connectivity index is 2.79. The first-order chi connectivity index (χ1) is 4.84. The van der Waals surface area contributed by atoms with Gasteiger partial charge in [0.15, 0.2) is 0 Å². The molecule has 1 aliphatic carbocycles. The van der Waals surface area contributed by atoms with Crippen LogP contribution in [0.5, 0.6) is 0 Å². The summed E-state index contributed by atoms with van der Waals surface area (Å²) in [6.45, 7) is 4.24. The molecule has 0 aliphatic heterocycles. The van der Waals surface area contributed by atoms with Crippen molar-refractivity contribution in [3.63, 3.8) is 0 Å². The van der Waals surface area contributed by atoms with Crippen LogP contribution in [0.3, 0.4) is 0 Å². The molecule has 10 heavy (non-hydrogen) atoms. The van der Waals surface area contributed by atoms with Gasteiger partial charge in [-0.15, -0.1) is 0 Å². The Morgan fingerprint density at radius 3 is 2.90 bits per heavy atom. The van der Waals surface area contributed by atoms with E-state index < -0.39 is 0 Å². The Bertz CT molecular complexity index is 192. The molecule has 0 fully saturated rings. The summed E-state index contributed by atoms with van der Waals surface area (Å²) >= 11 is 0. The van der Waals surface area contributed by atoms with Crippen LogP contribution in [0, 0.1) is 0 Å². The van der Waals surface area contributed by atoms with Crippen molar-refractivity contribution in [3.05, 3.63) is 35.5 Å². The minimum atomic E-state index is 1.21. The lowest BCUT2D eigenvalue weighted by Crippen LogP contribution is -1.87. The van der Waals surface area contributed by atoms with Crippen molar-refractivity contribution in [3.8, 4) is 0 Å². The van der Waals surface area contributed by atoms with Gasteiger partial charge in [0.1, 0.15) is 0 Å². The molecule has 1 aliphatic rings. The van der Waals surface area contributed by atoms with Crippen LogP contribution in [0.25, 0.3) is 0 Å². The second-order valence-electron chi connectivity index (χ2n) is 2.65. The van der Waals surface area contributed by atoms with Crippen molar-refractivity contribution in [2.45, 2.75) is 26.7 Å². The van der Waals surface area contributed by atoms with E-state index in [9.17, 15) is 0 Å². The smallest absolute Gasteiger partial charge is 0.0242 e. The van der Waals surface area contributed by atoms with E-state index >= 15 is 0 Å². The van der Waals surface area contributed by atoms with E-state index in [1.165, 1.54) is 24.0 Å². The zero-order valence-electron chi connectivity index (χ0n) is 6.72. The fourth-order valence-corrected chi connectivity index (χ4v) is 1.22. The van der Waals surface area contributed by atoms with Gasteiger partial charge in [-0.3, -0.25) is 0 Å². The molecule has 0 saturated heterocycles. The Labute approximate surface area is 62.9 Å². The van der Waals surface area contributed by atoms with E-state index in [-0.39, 0.29) is 0 Å². The zero-order chi connectivity index (χ0) is 7.40. The quantitative estimate of drug-likeness (QED) is 0.516. The molecule has 0 saturated carbocycles. The number of rotatable bonds is 1. The summed E-state index contributed by atoms with van der Waals surface area (Å²) in [7, 11) is 0. The summed E-state index contributed by atoms with van der Waals surface area (Å²) in [6.07, 6.45) is 11.2. The van der Waals surface area contributed by atoms with E-state index in [1.54, 1.807) is 0 Å². The van der Waals surface area contributed by atoms with Crippen molar-refractivity contribution in [1.29, 1.82) is 0 Å². The van der Waals surface area contributed by atoms with Gasteiger partial charge in [-0.1, -0.05) is 24.3 Å². The number of hydrogen-bond donors (Lipinski definition) is 0. The van der Waals surface area contributed by atoms with Crippen LogP contribution < -0.4 is 0 Å². The van der Waals surface area contributed by atoms with Gasteiger partial charge in [0.05, 0.1) is 0 Å². The lowest BCUT2D eigenvalue weighted by Gasteiger charge is -2.07. The summed E-state index contributed by atoms with van der Waals surface area (Å²) in [6, 6.07) is 0. The van der Waals surface area contributed by atoms with Crippen LogP contribution in [0.15, 0.2) is 35.5 Å². The minimum Gasteiger partial charge on any atom is -0.0874 e. The summed E-state index contributed by atoms with van der Waals surface area (Å²) in [4.78, 5) is 0. The highest BCUT2D eigenvalue weighted by molar-refractivity contribution is 5.34. The van der Waals surface area contributed by atoms with E-state index in [0.29, 0.717) is 0 Å². The minimum absolute atomic E-state index is 1.21. The molecule has 0 aromatic carbocycles. The van der Waals surface area contributed by atoms with Crippen LogP contribution in [0.1, 0.15) is 26.7 Å². The normalized spacial score (nSPS) is 19.0. The van der Waals surface area contributed by atoms with Gasteiger partial charge >= 0.3 is 0 Å². The fraction of sp³-hybridized carbons (Fsp3) is 0.400. The molecule has 0 aromatic heterocycles. The van der Waals surface area contributed by atoms with E-state index in [2.05, 4.69) is 38.2 Å². The average molecular weight is 134 g/mol. The van der Waals surface area contributed by atoms with E-state index in [4.69, 9.17) is 0 Å². The van der Waals surface area contributed by atoms with Crippen LogP contribution in [-0.2, 0) is 0 Å². The Morgan fingerprint density at radius 2 is 2.30 bits per heavy atom. The molecule has 0 unspecified atom stereocenters. The Hall–Kier alpha value is -0.780. The van der Waals surface area contributed by atoms with Gasteiger partial charge in [0.25, 0.3) is 0 Å². The molecule has 54 valence electrons. The molecule has 0 atom stereocenters. The molecule has 0 heterocycles. The third-order valence-corrected chi connectivity index (χ3v) is 1.82. The maximum atomic E-state index is 2.24. The van der Waals surface area contributed by atoms with Crippen molar-refractivity contribution < 1.29 is 0 Å². The molecule has 0 N–H and O–H groups in total. The molecule has 1 rings (SSSR count). The summed E-state index contributed by atoms with van der Waals surface area (Å²) in [5, 5.41) is 0. The molecule has 0 spiro atoms. The highest BCUT2D eigenvalue weighted by Crippen LogP contribution is 2.18. The van der Waals surface area contributed by atoms with Crippen molar-refractivity contribution in [1.82, 2.24) is 0 Å². The first-order valence-corrected chi connectivity index (χ1v) is 3.83. The predicted octanol–water partition coefficient (Wildman–Crippen LogP) is 3.23. The molecular formula is C10H14. The first-order valence-electron chi connectivity index (χ1n) is 3.83. The molecule has 0 amide bonds.